The quantitative estimate of drug-likeness (QED) is 0.666. The molecule has 0 aromatic heterocycles. The molecule has 5 nitrogen and oxygen atoms in total. The summed E-state index contributed by atoms with van der Waals surface area (Å²) in [5.74, 6) is -0.0625. The van der Waals surface area contributed by atoms with E-state index in [2.05, 4.69) is 21.9 Å². The number of aliphatic imine (C=N–C) groups is 2. The molecular weight excluding hydrogens is 182 g/mol. The van der Waals surface area contributed by atoms with Crippen LogP contribution in [0.5, 0.6) is 0 Å². The molecule has 0 aromatic rings. The molecule has 0 bridgehead atoms. The monoisotopic (exact) mass is 195 g/mol. The number of urea groups is 1. The van der Waals surface area contributed by atoms with Crippen LogP contribution in [-0.4, -0.2) is 30.9 Å². The van der Waals surface area contributed by atoms with Gasteiger partial charge >= 0.3 is 6.03 Å². The van der Waals surface area contributed by atoms with Gasteiger partial charge in [0, 0.05) is 12.1 Å². The second-order valence-corrected chi connectivity index (χ2v) is 2.48. The van der Waals surface area contributed by atoms with Gasteiger partial charge in [0.1, 0.15) is 0 Å². The van der Waals surface area contributed by atoms with Crippen LogP contribution in [-0.2, 0) is 4.79 Å². The van der Waals surface area contributed by atoms with Crippen LogP contribution in [0.15, 0.2) is 22.1 Å². The normalized spacial score (nSPS) is 12.0. The van der Waals surface area contributed by atoms with Gasteiger partial charge in [-0.15, -0.1) is 0 Å². The lowest BCUT2D eigenvalue weighted by Crippen LogP contribution is -2.22. The van der Waals surface area contributed by atoms with Crippen molar-refractivity contribution in [2.24, 2.45) is 9.98 Å². The minimum atomic E-state index is -0.407. The average molecular weight is 195 g/mol. The minimum Gasteiger partial charge on any atom is -0.353 e. The molecule has 14 heavy (non-hydrogen) atoms. The topological polar surface area (TPSA) is 70.9 Å². The number of amides is 3. The van der Waals surface area contributed by atoms with Crippen LogP contribution in [0.4, 0.5) is 4.79 Å². The van der Waals surface area contributed by atoms with Gasteiger partial charge in [-0.25, -0.2) is 4.79 Å². The van der Waals surface area contributed by atoms with Crippen LogP contribution in [0, 0.1) is 0 Å². The summed E-state index contributed by atoms with van der Waals surface area (Å²) < 4.78 is 0. The number of nitrogens with one attached hydrogen (secondary N) is 1. The SMILES string of the molecule is C=C(C)C(=O)NCC.O=C1N=CC=N1. The summed E-state index contributed by atoms with van der Waals surface area (Å²) in [5.41, 5.74) is 0.562. The molecule has 0 fully saturated rings. The Morgan fingerprint density at radius 3 is 2.14 bits per heavy atom. The molecular formula is C9H13N3O2. The molecule has 1 rings (SSSR count). The first-order chi connectivity index (χ1) is 6.57. The van der Waals surface area contributed by atoms with Crippen LogP contribution < -0.4 is 5.32 Å². The van der Waals surface area contributed by atoms with Crippen LogP contribution in [0.1, 0.15) is 13.8 Å². The zero-order valence-electron chi connectivity index (χ0n) is 8.28. The van der Waals surface area contributed by atoms with Crippen molar-refractivity contribution in [2.75, 3.05) is 6.54 Å². The van der Waals surface area contributed by atoms with E-state index in [0.29, 0.717) is 12.1 Å². The third-order valence-electron chi connectivity index (χ3n) is 1.16. The third kappa shape index (κ3) is 5.82. The highest BCUT2D eigenvalue weighted by Crippen LogP contribution is 1.83. The number of carbonyl (C=O) groups excluding carboxylic acids is 2. The summed E-state index contributed by atoms with van der Waals surface area (Å²) in [7, 11) is 0. The molecule has 5 heteroatoms. The standard InChI is InChI=1S/C6H11NO.C3H2N2O/c1-4-7-6(8)5(2)3;6-3-4-1-2-5-3/h2,4H2,1,3H3,(H,7,8);1-2H. The molecule has 0 aliphatic carbocycles. The van der Waals surface area contributed by atoms with E-state index in [1.807, 2.05) is 6.92 Å². The molecule has 0 radical (unpaired) electrons. The molecule has 0 spiro atoms. The van der Waals surface area contributed by atoms with E-state index in [-0.39, 0.29) is 5.91 Å². The highest BCUT2D eigenvalue weighted by atomic mass is 16.2. The van der Waals surface area contributed by atoms with Gasteiger partial charge in [0.2, 0.25) is 5.91 Å². The largest absolute Gasteiger partial charge is 0.367 e. The first-order valence-electron chi connectivity index (χ1n) is 4.12. The summed E-state index contributed by atoms with van der Waals surface area (Å²) in [6, 6.07) is -0.407. The second-order valence-electron chi connectivity index (χ2n) is 2.48. The van der Waals surface area contributed by atoms with Gasteiger partial charge in [0.25, 0.3) is 0 Å². The Labute approximate surface area is 82.6 Å². The summed E-state index contributed by atoms with van der Waals surface area (Å²) >= 11 is 0. The number of likely N-dealkylation sites (N-methyl/N-ethyl adjacent to an activating group) is 1. The van der Waals surface area contributed by atoms with Crippen molar-refractivity contribution in [3.8, 4) is 0 Å². The third-order valence-corrected chi connectivity index (χ3v) is 1.16. The van der Waals surface area contributed by atoms with Crippen molar-refractivity contribution in [3.63, 3.8) is 0 Å². The molecule has 0 saturated carbocycles. The van der Waals surface area contributed by atoms with Crippen LogP contribution in [0.25, 0.3) is 0 Å². The molecule has 0 atom stereocenters. The zero-order valence-corrected chi connectivity index (χ0v) is 8.28. The molecule has 0 saturated heterocycles. The van der Waals surface area contributed by atoms with E-state index < -0.39 is 6.03 Å². The van der Waals surface area contributed by atoms with Gasteiger partial charge in [0.15, 0.2) is 0 Å². The average Bonchev–Trinajstić information content (AvgIpc) is 2.57. The number of rotatable bonds is 2. The van der Waals surface area contributed by atoms with Crippen LogP contribution >= 0.6 is 0 Å². The molecule has 1 aliphatic rings. The van der Waals surface area contributed by atoms with Gasteiger partial charge in [-0.3, -0.25) is 4.79 Å². The van der Waals surface area contributed by atoms with Crippen molar-refractivity contribution < 1.29 is 9.59 Å². The minimum absolute atomic E-state index is 0.0625. The maximum absolute atomic E-state index is 10.5. The Bertz CT molecular complexity index is 278. The van der Waals surface area contributed by atoms with Crippen LogP contribution in [0.2, 0.25) is 0 Å². The fourth-order valence-electron chi connectivity index (χ4n) is 0.539. The lowest BCUT2D eigenvalue weighted by molar-refractivity contribution is -0.117. The van der Waals surface area contributed by atoms with Gasteiger partial charge in [-0.1, -0.05) is 6.58 Å². The molecule has 0 unspecified atom stereocenters. The van der Waals surface area contributed by atoms with Gasteiger partial charge in [0.05, 0.1) is 12.4 Å². The van der Waals surface area contributed by atoms with Crippen molar-refractivity contribution >= 4 is 24.4 Å². The maximum atomic E-state index is 10.5. The lowest BCUT2D eigenvalue weighted by Gasteiger charge is -1.97. The first-order valence-corrected chi connectivity index (χ1v) is 4.12. The first kappa shape index (κ1) is 12.2. The highest BCUT2D eigenvalue weighted by molar-refractivity contribution is 6.25. The maximum Gasteiger partial charge on any atom is 0.367 e. The number of nitrogens with zero attached hydrogens (tertiary/aromatic N) is 2. The van der Waals surface area contributed by atoms with E-state index >= 15 is 0 Å². The van der Waals surface area contributed by atoms with Crippen molar-refractivity contribution in [2.45, 2.75) is 13.8 Å². The number of carbonyl (C=O) groups is 2. The fraction of sp³-hybridized carbons (Fsp3) is 0.333. The van der Waals surface area contributed by atoms with E-state index in [0.717, 1.165) is 0 Å². The molecule has 1 N–H and O–H groups in total. The lowest BCUT2D eigenvalue weighted by atomic mass is 10.3. The van der Waals surface area contributed by atoms with Crippen molar-refractivity contribution in [3.05, 3.63) is 12.2 Å². The second kappa shape index (κ2) is 6.71. The Morgan fingerprint density at radius 1 is 1.50 bits per heavy atom. The predicted molar refractivity (Wildman–Crippen MR) is 55.9 cm³/mol. The summed E-state index contributed by atoms with van der Waals surface area (Å²) in [4.78, 5) is 26.9. The molecule has 3 amide bonds. The predicted octanol–water partition coefficient (Wildman–Crippen LogP) is 0.960. The van der Waals surface area contributed by atoms with Gasteiger partial charge in [-0.2, -0.15) is 9.98 Å². The smallest absolute Gasteiger partial charge is 0.353 e. The molecule has 1 heterocycles. The van der Waals surface area contributed by atoms with E-state index in [1.54, 1.807) is 6.92 Å². The molecule has 1 aliphatic heterocycles. The molecule has 76 valence electrons. The van der Waals surface area contributed by atoms with Gasteiger partial charge < -0.3 is 5.32 Å². The Kier molecular flexibility index (Phi) is 5.85. The fourth-order valence-corrected chi connectivity index (χ4v) is 0.539. The number of hydrogen-bond acceptors (Lipinski definition) is 2. The highest BCUT2D eigenvalue weighted by Gasteiger charge is 1.95. The number of hydrogen-bond donors (Lipinski definition) is 1. The Hall–Kier alpha value is -1.78. The Balaban J connectivity index is 0.000000249. The summed E-state index contributed by atoms with van der Waals surface area (Å²) in [6.07, 6.45) is 2.73. The van der Waals surface area contributed by atoms with Gasteiger partial charge in [-0.05, 0) is 13.8 Å². The van der Waals surface area contributed by atoms with E-state index in [1.165, 1.54) is 12.4 Å². The van der Waals surface area contributed by atoms with Crippen molar-refractivity contribution in [1.82, 2.24) is 5.32 Å². The van der Waals surface area contributed by atoms with E-state index in [4.69, 9.17) is 0 Å². The van der Waals surface area contributed by atoms with E-state index in [9.17, 15) is 9.59 Å². The summed E-state index contributed by atoms with van der Waals surface area (Å²) in [5, 5.41) is 2.61. The Morgan fingerprint density at radius 2 is 2.00 bits per heavy atom. The zero-order chi connectivity index (χ0) is 11.0. The summed E-state index contributed by atoms with van der Waals surface area (Å²) in [6.45, 7) is 7.70. The molecule has 0 aromatic carbocycles. The van der Waals surface area contributed by atoms with Crippen molar-refractivity contribution in [1.29, 1.82) is 0 Å². The van der Waals surface area contributed by atoms with Crippen LogP contribution in [0.3, 0.4) is 0 Å².